The molecule has 1 aromatic heterocycles. The van der Waals surface area contributed by atoms with Crippen LogP contribution in [0.1, 0.15) is 18.4 Å². The number of aliphatic imine (C=N–C) groups is 1. The van der Waals surface area contributed by atoms with Crippen LogP contribution >= 0.6 is 0 Å². The lowest BCUT2D eigenvalue weighted by Gasteiger charge is -2.31. The Morgan fingerprint density at radius 3 is 2.47 bits per heavy atom. The lowest BCUT2D eigenvalue weighted by atomic mass is 10.1. The highest BCUT2D eigenvalue weighted by molar-refractivity contribution is 6.00. The van der Waals surface area contributed by atoms with Gasteiger partial charge in [-0.3, -0.25) is 5.41 Å². The Morgan fingerprint density at radius 2 is 1.95 bits per heavy atom. The lowest BCUT2D eigenvalue weighted by molar-refractivity contribution is -0.0222. The highest BCUT2D eigenvalue weighted by Crippen LogP contribution is 2.28. The van der Waals surface area contributed by atoms with E-state index < -0.39 is 5.92 Å². The topological polar surface area (TPSA) is 91.2 Å². The minimum atomic E-state index is -2.59. The van der Waals surface area contributed by atoms with Crippen molar-refractivity contribution in [2.24, 2.45) is 10.7 Å². The minimum Gasteiger partial charge on any atom is -0.383 e. The van der Waals surface area contributed by atoms with E-state index in [0.29, 0.717) is 11.5 Å². The molecular weight excluding hydrogens is 254 g/mol. The van der Waals surface area contributed by atoms with Crippen LogP contribution in [0.2, 0.25) is 0 Å². The summed E-state index contributed by atoms with van der Waals surface area (Å²) in [5.74, 6) is -2.04. The van der Waals surface area contributed by atoms with Crippen molar-refractivity contribution >= 4 is 18.1 Å². The van der Waals surface area contributed by atoms with Crippen molar-refractivity contribution in [1.29, 1.82) is 5.41 Å². The second-order valence-electron chi connectivity index (χ2n) is 4.26. The van der Waals surface area contributed by atoms with Gasteiger partial charge in [0.25, 0.3) is 5.92 Å². The van der Waals surface area contributed by atoms with Crippen LogP contribution in [0.4, 0.5) is 14.7 Å². The molecule has 0 aliphatic carbocycles. The molecule has 8 heteroatoms. The smallest absolute Gasteiger partial charge is 0.251 e. The fraction of sp³-hybridized carbons (Fsp3) is 0.455. The summed E-state index contributed by atoms with van der Waals surface area (Å²) in [6, 6.07) is 0. The molecule has 0 aromatic carbocycles. The third-order valence-electron chi connectivity index (χ3n) is 2.92. The molecule has 1 aliphatic rings. The van der Waals surface area contributed by atoms with Gasteiger partial charge in [-0.2, -0.15) is 0 Å². The van der Waals surface area contributed by atoms with Crippen LogP contribution in [0.5, 0.6) is 0 Å². The molecule has 0 saturated carbocycles. The zero-order valence-corrected chi connectivity index (χ0v) is 10.2. The Balaban J connectivity index is 2.07. The van der Waals surface area contributed by atoms with Crippen molar-refractivity contribution in [3.8, 4) is 0 Å². The molecular formula is C11H14F2N6. The van der Waals surface area contributed by atoms with Gasteiger partial charge in [-0.1, -0.05) is 0 Å². The van der Waals surface area contributed by atoms with Crippen molar-refractivity contribution < 1.29 is 8.78 Å². The number of nitrogens with zero attached hydrogens (tertiary/aromatic N) is 4. The number of nitrogens with one attached hydrogen (secondary N) is 1. The maximum Gasteiger partial charge on any atom is 0.251 e. The number of halogens is 2. The van der Waals surface area contributed by atoms with Gasteiger partial charge in [0.15, 0.2) is 0 Å². The van der Waals surface area contributed by atoms with Crippen LogP contribution in [-0.2, 0) is 0 Å². The number of rotatable bonds is 3. The van der Waals surface area contributed by atoms with Gasteiger partial charge >= 0.3 is 0 Å². The first-order valence-corrected chi connectivity index (χ1v) is 5.79. The molecule has 0 unspecified atom stereocenters. The van der Waals surface area contributed by atoms with Gasteiger partial charge in [0, 0.05) is 38.3 Å². The monoisotopic (exact) mass is 268 g/mol. The van der Waals surface area contributed by atoms with Crippen molar-refractivity contribution in [2.75, 3.05) is 18.0 Å². The summed E-state index contributed by atoms with van der Waals surface area (Å²) in [7, 11) is 0. The molecule has 2 rings (SSSR count). The van der Waals surface area contributed by atoms with Crippen LogP contribution in [-0.4, -0.2) is 41.2 Å². The predicted molar refractivity (Wildman–Crippen MR) is 67.9 cm³/mol. The van der Waals surface area contributed by atoms with Crippen molar-refractivity contribution in [2.45, 2.75) is 18.8 Å². The van der Waals surface area contributed by atoms with E-state index in [1.54, 1.807) is 4.90 Å². The molecule has 3 N–H and O–H groups in total. The first-order valence-electron chi connectivity index (χ1n) is 5.79. The lowest BCUT2D eigenvalue weighted by Crippen LogP contribution is -2.40. The van der Waals surface area contributed by atoms with Crippen molar-refractivity contribution in [1.82, 2.24) is 9.97 Å². The molecule has 1 saturated heterocycles. The summed E-state index contributed by atoms with van der Waals surface area (Å²) in [6.07, 6.45) is 3.40. The Morgan fingerprint density at radius 1 is 1.37 bits per heavy atom. The van der Waals surface area contributed by atoms with Crippen molar-refractivity contribution in [3.63, 3.8) is 0 Å². The Kier molecular flexibility index (Phi) is 3.68. The average molecular weight is 268 g/mol. The number of aromatic nitrogens is 2. The Bertz CT molecular complexity index is 474. The van der Waals surface area contributed by atoms with Crippen LogP contribution < -0.4 is 10.6 Å². The SMILES string of the molecule is N=CN=C(N)c1cnc(N2CCC(F)(F)CC2)nc1. The highest BCUT2D eigenvalue weighted by atomic mass is 19.3. The van der Waals surface area contributed by atoms with E-state index in [1.807, 2.05) is 0 Å². The van der Waals surface area contributed by atoms with E-state index in [9.17, 15) is 8.78 Å². The third-order valence-corrected chi connectivity index (χ3v) is 2.92. The van der Waals surface area contributed by atoms with Gasteiger partial charge in [0.2, 0.25) is 5.95 Å². The highest BCUT2D eigenvalue weighted by Gasteiger charge is 2.34. The van der Waals surface area contributed by atoms with Crippen LogP contribution in [0.3, 0.4) is 0 Å². The summed E-state index contributed by atoms with van der Waals surface area (Å²) >= 11 is 0. The van der Waals surface area contributed by atoms with Gasteiger partial charge < -0.3 is 10.6 Å². The van der Waals surface area contributed by atoms with E-state index in [4.69, 9.17) is 11.1 Å². The summed E-state index contributed by atoms with van der Waals surface area (Å²) < 4.78 is 26.1. The van der Waals surface area contributed by atoms with E-state index in [1.165, 1.54) is 12.4 Å². The fourth-order valence-electron chi connectivity index (χ4n) is 1.79. The first kappa shape index (κ1) is 13.3. The van der Waals surface area contributed by atoms with Gasteiger partial charge in [-0.15, -0.1) is 0 Å². The maximum absolute atomic E-state index is 13.0. The van der Waals surface area contributed by atoms with Gasteiger partial charge in [-0.05, 0) is 0 Å². The van der Waals surface area contributed by atoms with Gasteiger partial charge in [0.05, 0.1) is 5.56 Å². The molecule has 0 amide bonds. The number of alkyl halides is 2. The van der Waals surface area contributed by atoms with E-state index in [2.05, 4.69) is 15.0 Å². The maximum atomic E-state index is 13.0. The molecule has 2 heterocycles. The van der Waals surface area contributed by atoms with Crippen molar-refractivity contribution in [3.05, 3.63) is 18.0 Å². The quantitative estimate of drug-likeness (QED) is 0.632. The molecule has 19 heavy (non-hydrogen) atoms. The number of nitrogens with two attached hydrogens (primary N) is 1. The van der Waals surface area contributed by atoms with Crippen LogP contribution in [0, 0.1) is 5.41 Å². The molecule has 102 valence electrons. The molecule has 0 radical (unpaired) electrons. The second-order valence-corrected chi connectivity index (χ2v) is 4.26. The summed E-state index contributed by atoms with van der Waals surface area (Å²) in [5.41, 5.74) is 6.07. The number of hydrogen-bond donors (Lipinski definition) is 2. The normalized spacial score (nSPS) is 19.3. The zero-order valence-electron chi connectivity index (χ0n) is 10.2. The molecule has 1 aromatic rings. The molecule has 0 spiro atoms. The van der Waals surface area contributed by atoms with Crippen LogP contribution in [0.15, 0.2) is 17.4 Å². The standard InChI is InChI=1S/C11H14F2N6/c12-11(13)1-3-19(4-2-11)10-16-5-8(6-17-10)9(15)18-7-14/h5-7H,1-4H2,(H3,14,15,18). The first-order chi connectivity index (χ1) is 9.02. The Labute approximate surface area is 108 Å². The molecule has 1 fully saturated rings. The predicted octanol–water partition coefficient (Wildman–Crippen LogP) is 1.02. The fourth-order valence-corrected chi connectivity index (χ4v) is 1.79. The minimum absolute atomic E-state index is 0.145. The summed E-state index contributed by atoms with van der Waals surface area (Å²) in [5, 5.41) is 6.81. The average Bonchev–Trinajstić information content (AvgIpc) is 2.39. The second kappa shape index (κ2) is 5.25. The number of amidine groups is 1. The number of piperidine rings is 1. The molecule has 0 bridgehead atoms. The largest absolute Gasteiger partial charge is 0.383 e. The summed E-state index contributed by atoms with van der Waals surface area (Å²) in [6.45, 7) is 0.465. The van der Waals surface area contributed by atoms with Gasteiger partial charge in [-0.25, -0.2) is 23.7 Å². The zero-order chi connectivity index (χ0) is 13.9. The van der Waals surface area contributed by atoms with Gasteiger partial charge in [0.1, 0.15) is 12.2 Å². The third kappa shape index (κ3) is 3.21. The van der Waals surface area contributed by atoms with Crippen LogP contribution in [0.25, 0.3) is 0 Å². The molecule has 1 aliphatic heterocycles. The van der Waals surface area contributed by atoms with E-state index in [-0.39, 0.29) is 31.8 Å². The number of anilines is 1. The summed E-state index contributed by atoms with van der Waals surface area (Å²) in [4.78, 5) is 13.5. The van der Waals surface area contributed by atoms with E-state index in [0.717, 1.165) is 6.34 Å². The Hall–Kier alpha value is -2.12. The van der Waals surface area contributed by atoms with E-state index >= 15 is 0 Å². The molecule has 0 atom stereocenters. The number of hydrogen-bond acceptors (Lipinski definition) is 4. The molecule has 6 nitrogen and oxygen atoms in total.